The predicted molar refractivity (Wildman–Crippen MR) is 44.1 cm³/mol. The second kappa shape index (κ2) is 4.08. The van der Waals surface area contributed by atoms with E-state index >= 15 is 0 Å². The van der Waals surface area contributed by atoms with E-state index in [-0.39, 0.29) is 5.75 Å². The van der Waals surface area contributed by atoms with Gasteiger partial charge in [0.15, 0.2) is 12.0 Å². The van der Waals surface area contributed by atoms with Gasteiger partial charge in [0.2, 0.25) is 16.9 Å². The minimum atomic E-state index is -0.808. The van der Waals surface area contributed by atoms with Gasteiger partial charge in [-0.05, 0) is 12.2 Å². The molecule has 0 aliphatic carbocycles. The van der Waals surface area contributed by atoms with Gasteiger partial charge in [0.1, 0.15) is 0 Å². The zero-order valence-electron chi connectivity index (χ0n) is 5.90. The number of carboxylic acid groups (broad SMARTS) is 1. The fraction of sp³-hybridized carbons (Fsp3) is 0.286. The van der Waals surface area contributed by atoms with Gasteiger partial charge < -0.3 is 5.11 Å². The summed E-state index contributed by atoms with van der Waals surface area (Å²) in [5.41, 5.74) is 0. The number of hydrogen-bond donors (Lipinski definition) is 1. The first kappa shape index (κ1) is 8.20. The van der Waals surface area contributed by atoms with Crippen molar-refractivity contribution in [2.45, 2.75) is 0 Å². The van der Waals surface area contributed by atoms with Crippen LogP contribution < -0.4 is 0 Å². The van der Waals surface area contributed by atoms with E-state index in [4.69, 9.17) is 9.29 Å². The number of rotatable bonds is 2. The maximum absolute atomic E-state index is 10.3. The molecule has 1 aliphatic rings. The number of aliphatic carboxylic acids is 1. The molecule has 0 spiro atoms. The van der Waals surface area contributed by atoms with Crippen LogP contribution in [0.3, 0.4) is 0 Å². The smallest absolute Gasteiger partial charge is 0.358 e. The molecule has 60 valence electrons. The van der Waals surface area contributed by atoms with E-state index in [1.807, 2.05) is 12.2 Å². The lowest BCUT2D eigenvalue weighted by molar-refractivity contribution is -0.134. The molecular weight excluding hydrogens is 164 g/mol. The number of carbonyl (C=O) groups is 1. The van der Waals surface area contributed by atoms with Gasteiger partial charge in [-0.25, -0.2) is 4.79 Å². The molecule has 0 fully saturated rings. The Balaban J connectivity index is 2.40. The zero-order chi connectivity index (χ0) is 8.10. The Morgan fingerprint density at radius 2 is 2.45 bits per heavy atom. The van der Waals surface area contributed by atoms with E-state index in [1.165, 1.54) is 6.26 Å². The molecule has 0 radical (unpaired) electrons. The van der Waals surface area contributed by atoms with Gasteiger partial charge in [-0.1, -0.05) is 6.08 Å². The Labute approximate surface area is 67.9 Å². The van der Waals surface area contributed by atoms with Crippen molar-refractivity contribution < 1.29 is 14.1 Å². The summed E-state index contributed by atoms with van der Waals surface area (Å²) in [5, 5.41) is 8.44. The molecular formula is C7H9O3S+. The molecule has 0 aromatic carbocycles. The van der Waals surface area contributed by atoms with Gasteiger partial charge in [0, 0.05) is 0 Å². The van der Waals surface area contributed by atoms with Crippen molar-refractivity contribution in [1.29, 1.82) is 0 Å². The fourth-order valence-corrected chi connectivity index (χ4v) is 1.75. The summed E-state index contributed by atoms with van der Waals surface area (Å²) in [7, 11) is 0. The van der Waals surface area contributed by atoms with Crippen LogP contribution in [0.2, 0.25) is 0 Å². The van der Waals surface area contributed by atoms with E-state index in [9.17, 15) is 4.79 Å². The predicted octanol–water partition coefficient (Wildman–Crippen LogP) is 0.704. The number of allylic oxidation sites excluding steroid dienone is 2. The Morgan fingerprint density at radius 3 is 3.18 bits per heavy atom. The summed E-state index contributed by atoms with van der Waals surface area (Å²) >= 11 is -0.465. The van der Waals surface area contributed by atoms with Crippen LogP contribution in [-0.2, 0) is 20.2 Å². The first-order chi connectivity index (χ1) is 5.29. The third-order valence-corrected chi connectivity index (χ3v) is 2.60. The van der Waals surface area contributed by atoms with Gasteiger partial charge in [-0.2, -0.15) is 0 Å². The molecule has 0 bridgehead atoms. The summed E-state index contributed by atoms with van der Waals surface area (Å²) in [6, 6.07) is 0. The van der Waals surface area contributed by atoms with Crippen LogP contribution in [0.25, 0.3) is 0 Å². The highest BCUT2D eigenvalue weighted by Gasteiger charge is 2.23. The van der Waals surface area contributed by atoms with Crippen molar-refractivity contribution in [2.24, 2.45) is 0 Å². The normalized spacial score (nSPS) is 22.4. The lowest BCUT2D eigenvalue weighted by Crippen LogP contribution is -2.18. The molecule has 1 heterocycles. The van der Waals surface area contributed by atoms with Crippen molar-refractivity contribution in [3.05, 3.63) is 24.5 Å². The molecule has 3 nitrogen and oxygen atoms in total. The summed E-state index contributed by atoms with van der Waals surface area (Å²) in [6.07, 6.45) is 7.06. The van der Waals surface area contributed by atoms with Crippen molar-refractivity contribution in [3.8, 4) is 0 Å². The van der Waals surface area contributed by atoms with Crippen molar-refractivity contribution >= 4 is 17.1 Å². The molecule has 0 aromatic heterocycles. The van der Waals surface area contributed by atoms with Crippen LogP contribution in [0.4, 0.5) is 0 Å². The van der Waals surface area contributed by atoms with Crippen LogP contribution in [-0.4, -0.2) is 22.6 Å². The lowest BCUT2D eigenvalue weighted by atomic mass is 10.5. The van der Waals surface area contributed by atoms with Crippen molar-refractivity contribution in [3.63, 3.8) is 0 Å². The molecule has 0 amide bonds. The summed E-state index contributed by atoms with van der Waals surface area (Å²) in [5.74, 6) is -0.0226. The van der Waals surface area contributed by atoms with Crippen LogP contribution in [0.1, 0.15) is 0 Å². The molecule has 0 aromatic rings. The quantitative estimate of drug-likeness (QED) is 0.625. The Bertz CT molecular complexity index is 184. The molecule has 1 aliphatic heterocycles. The Kier molecular flexibility index (Phi) is 3.04. The van der Waals surface area contributed by atoms with E-state index in [1.54, 1.807) is 6.08 Å². The second-order valence-electron chi connectivity index (χ2n) is 2.00. The fourth-order valence-electron chi connectivity index (χ4n) is 0.667. The first-order valence-electron chi connectivity index (χ1n) is 3.17. The van der Waals surface area contributed by atoms with Crippen LogP contribution in [0.15, 0.2) is 24.5 Å². The van der Waals surface area contributed by atoms with E-state index in [0.29, 0.717) is 5.75 Å². The average Bonchev–Trinajstić information content (AvgIpc) is 2.14. The van der Waals surface area contributed by atoms with Crippen molar-refractivity contribution in [2.75, 3.05) is 11.5 Å². The largest absolute Gasteiger partial charge is 0.478 e. The van der Waals surface area contributed by atoms with Gasteiger partial charge in [0.05, 0.1) is 0 Å². The van der Waals surface area contributed by atoms with Crippen LogP contribution in [0.5, 0.6) is 0 Å². The summed E-state index contributed by atoms with van der Waals surface area (Å²) in [4.78, 5) is 10.3. The SMILES string of the molecule is O=C(O)C[S+]1CC=CC=CO1. The zero-order valence-corrected chi connectivity index (χ0v) is 6.71. The number of carboxylic acids is 1. The monoisotopic (exact) mass is 173 g/mol. The van der Waals surface area contributed by atoms with E-state index < -0.39 is 17.1 Å². The first-order valence-corrected chi connectivity index (χ1v) is 4.66. The summed E-state index contributed by atoms with van der Waals surface area (Å²) < 4.78 is 5.12. The molecule has 1 unspecified atom stereocenters. The lowest BCUT2D eigenvalue weighted by Gasteiger charge is -1.96. The third-order valence-electron chi connectivity index (χ3n) is 1.08. The molecule has 1 rings (SSSR count). The molecule has 4 heteroatoms. The van der Waals surface area contributed by atoms with Crippen LogP contribution in [0, 0.1) is 0 Å². The molecule has 0 saturated carbocycles. The molecule has 1 atom stereocenters. The highest BCUT2D eigenvalue weighted by Crippen LogP contribution is 2.04. The van der Waals surface area contributed by atoms with E-state index in [2.05, 4.69) is 0 Å². The maximum atomic E-state index is 10.3. The summed E-state index contributed by atoms with van der Waals surface area (Å²) in [6.45, 7) is 0. The molecule has 0 saturated heterocycles. The molecule has 11 heavy (non-hydrogen) atoms. The Hall–Kier alpha value is -0.900. The highest BCUT2D eigenvalue weighted by molar-refractivity contribution is 7.93. The van der Waals surface area contributed by atoms with Gasteiger partial charge in [-0.3, -0.25) is 4.18 Å². The Morgan fingerprint density at radius 1 is 1.64 bits per heavy atom. The van der Waals surface area contributed by atoms with Crippen LogP contribution >= 0.6 is 0 Å². The highest BCUT2D eigenvalue weighted by atomic mass is 32.2. The van der Waals surface area contributed by atoms with Gasteiger partial charge in [0.25, 0.3) is 0 Å². The maximum Gasteiger partial charge on any atom is 0.358 e. The average molecular weight is 173 g/mol. The van der Waals surface area contributed by atoms with Gasteiger partial charge in [-0.15, -0.1) is 0 Å². The minimum absolute atomic E-state index is 0.0919. The van der Waals surface area contributed by atoms with Gasteiger partial charge >= 0.3 is 5.97 Å². The third kappa shape index (κ3) is 3.13. The topological polar surface area (TPSA) is 46.5 Å². The standard InChI is InChI=1S/C7H8O3S/c8-7(9)6-11-5-3-1-2-4-10-11/h1-4H,5-6H2/p+1. The van der Waals surface area contributed by atoms with Crippen molar-refractivity contribution in [1.82, 2.24) is 0 Å². The second-order valence-corrected chi connectivity index (χ2v) is 3.69. The molecule has 1 N–H and O–H groups in total. The minimum Gasteiger partial charge on any atom is -0.478 e. The van der Waals surface area contributed by atoms with E-state index in [0.717, 1.165) is 0 Å². The number of hydrogen-bond acceptors (Lipinski definition) is 2.